The lowest BCUT2D eigenvalue weighted by Crippen LogP contribution is -2.67. The van der Waals surface area contributed by atoms with Crippen molar-refractivity contribution >= 4 is 27.8 Å². The molecule has 2 heterocycles. The van der Waals surface area contributed by atoms with Gasteiger partial charge in [-0.3, -0.25) is 4.79 Å². The number of hydroxylamine groups is 1. The van der Waals surface area contributed by atoms with E-state index in [0.717, 1.165) is 11.1 Å². The van der Waals surface area contributed by atoms with Crippen LogP contribution >= 0.6 is 0 Å². The zero-order valence-electron chi connectivity index (χ0n) is 20.5. The summed E-state index contributed by atoms with van der Waals surface area (Å²) < 4.78 is 29.0. The molecule has 4 rings (SSSR count). The molecule has 0 bridgehead atoms. The van der Waals surface area contributed by atoms with Crippen LogP contribution in [0.5, 0.6) is 0 Å². The smallest absolute Gasteiger partial charge is 0.345 e. The summed E-state index contributed by atoms with van der Waals surface area (Å²) in [6, 6.07) is 14.7. The molecule has 2 atom stereocenters. The maximum Gasteiger partial charge on any atom is 0.345 e. The number of hydrogen-bond donors (Lipinski definition) is 6. The summed E-state index contributed by atoms with van der Waals surface area (Å²) in [5.74, 6) is -1.95. The summed E-state index contributed by atoms with van der Waals surface area (Å²) in [5, 5.41) is 12.6. The lowest BCUT2D eigenvalue weighted by molar-refractivity contribution is -0.149. The number of hydrogen-bond acceptors (Lipinski definition) is 8. The minimum Gasteiger partial charge on any atom is -0.478 e. The average Bonchev–Trinajstić information content (AvgIpc) is 3.59. The molecule has 202 valence electrons. The van der Waals surface area contributed by atoms with Gasteiger partial charge in [-0.15, -0.1) is 0 Å². The van der Waals surface area contributed by atoms with Crippen LogP contribution in [0.15, 0.2) is 65.7 Å². The molecular formula is C25H30N6O6S. The van der Waals surface area contributed by atoms with Crippen LogP contribution in [-0.4, -0.2) is 53.7 Å². The molecule has 13 heteroatoms. The van der Waals surface area contributed by atoms with Crippen LogP contribution < -0.4 is 21.3 Å². The molecule has 1 aromatic heterocycles. The summed E-state index contributed by atoms with van der Waals surface area (Å²) in [4.78, 5) is 37.2. The van der Waals surface area contributed by atoms with Crippen LogP contribution in [0.1, 0.15) is 31.4 Å². The van der Waals surface area contributed by atoms with Crippen LogP contribution in [0.2, 0.25) is 0 Å². The third-order valence-corrected chi connectivity index (χ3v) is 7.73. The van der Waals surface area contributed by atoms with E-state index in [2.05, 4.69) is 25.5 Å². The number of rotatable bonds is 12. The normalized spacial score (nSPS) is 17.1. The zero-order valence-corrected chi connectivity index (χ0v) is 21.3. The van der Waals surface area contributed by atoms with E-state index in [1.807, 2.05) is 30.3 Å². The molecule has 7 N–H and O–H groups in total. The molecule has 1 aliphatic rings. The molecule has 1 aliphatic heterocycles. The van der Waals surface area contributed by atoms with Crippen LogP contribution in [0.3, 0.4) is 0 Å². The standard InChI is InChI=1S/C25H30N6O6S/c26-24-27-16-19(28-24)8-4-5-14-25(23(33)34,29-22(32)21-13-15-37-30-21)31-38(35,36)20-11-9-18(10-12-20)17-6-2-1-3-7-17/h1-3,6-7,9-12,16,21,30-31H,4-5,8,13-15H2,(H,29,32)(H,33,34)(H3,26,27,28). The summed E-state index contributed by atoms with van der Waals surface area (Å²) in [5.41, 5.74) is 8.22. The average molecular weight is 543 g/mol. The van der Waals surface area contributed by atoms with Crippen molar-refractivity contribution in [3.63, 3.8) is 0 Å². The lowest BCUT2D eigenvalue weighted by Gasteiger charge is -2.32. The Hall–Kier alpha value is -3.78. The van der Waals surface area contributed by atoms with E-state index in [-0.39, 0.29) is 30.3 Å². The number of aryl methyl sites for hydroxylation is 1. The Bertz CT molecular complexity index is 1360. The fourth-order valence-electron chi connectivity index (χ4n) is 4.17. The summed E-state index contributed by atoms with van der Waals surface area (Å²) in [7, 11) is -4.35. The number of nitrogen functional groups attached to an aromatic ring is 1. The summed E-state index contributed by atoms with van der Waals surface area (Å²) in [6.07, 6.45) is 2.99. The van der Waals surface area contributed by atoms with Crippen molar-refractivity contribution in [2.24, 2.45) is 0 Å². The van der Waals surface area contributed by atoms with Crippen molar-refractivity contribution < 1.29 is 28.0 Å². The van der Waals surface area contributed by atoms with Gasteiger partial charge in [-0.25, -0.2) is 18.2 Å². The number of imidazole rings is 1. The van der Waals surface area contributed by atoms with Crippen molar-refractivity contribution in [3.05, 3.63) is 66.5 Å². The topological polar surface area (TPSA) is 189 Å². The minimum absolute atomic E-state index is 0.133. The molecular weight excluding hydrogens is 512 g/mol. The van der Waals surface area contributed by atoms with Crippen molar-refractivity contribution in [1.29, 1.82) is 0 Å². The van der Waals surface area contributed by atoms with Gasteiger partial charge in [0.05, 0.1) is 17.2 Å². The van der Waals surface area contributed by atoms with Gasteiger partial charge in [-0.1, -0.05) is 42.5 Å². The minimum atomic E-state index is -4.35. The van der Waals surface area contributed by atoms with E-state index < -0.39 is 33.6 Å². The monoisotopic (exact) mass is 542 g/mol. The molecule has 3 aromatic rings. The predicted octanol–water partition coefficient (Wildman–Crippen LogP) is 1.54. The summed E-state index contributed by atoms with van der Waals surface area (Å²) >= 11 is 0. The number of unbranched alkanes of at least 4 members (excludes halogenated alkanes) is 1. The van der Waals surface area contributed by atoms with Gasteiger partial charge in [-0.05, 0) is 55.4 Å². The first-order valence-electron chi connectivity index (χ1n) is 12.1. The predicted molar refractivity (Wildman–Crippen MR) is 139 cm³/mol. The molecule has 12 nitrogen and oxygen atoms in total. The number of benzene rings is 2. The Balaban J connectivity index is 1.55. The van der Waals surface area contributed by atoms with Crippen molar-refractivity contribution in [2.75, 3.05) is 12.3 Å². The van der Waals surface area contributed by atoms with Gasteiger partial charge in [0.25, 0.3) is 0 Å². The third kappa shape index (κ3) is 6.55. The van der Waals surface area contributed by atoms with Gasteiger partial charge in [0.1, 0.15) is 6.04 Å². The molecule has 2 unspecified atom stereocenters. The number of nitrogens with one attached hydrogen (secondary N) is 4. The number of carbonyl (C=O) groups excluding carboxylic acids is 1. The third-order valence-electron chi connectivity index (χ3n) is 6.22. The molecule has 0 radical (unpaired) electrons. The Kier molecular flexibility index (Phi) is 8.42. The fourth-order valence-corrected chi connectivity index (χ4v) is 5.48. The van der Waals surface area contributed by atoms with Gasteiger partial charge in [0.2, 0.25) is 21.6 Å². The molecule has 0 saturated carbocycles. The van der Waals surface area contributed by atoms with Crippen LogP contribution in [0.25, 0.3) is 11.1 Å². The number of nitrogens with two attached hydrogens (primary N) is 1. The summed E-state index contributed by atoms with van der Waals surface area (Å²) in [6.45, 7) is 0.268. The fraction of sp³-hybridized carbons (Fsp3) is 0.320. The SMILES string of the molecule is Nc1nc(CCCCC(NC(=O)C2CCON2)(NS(=O)(=O)c2ccc(-c3ccccc3)cc2)C(=O)O)c[nH]1. The largest absolute Gasteiger partial charge is 0.478 e. The number of carbonyl (C=O) groups is 2. The highest BCUT2D eigenvalue weighted by molar-refractivity contribution is 7.89. The number of H-pyrrole nitrogens is 1. The number of amides is 1. The molecule has 2 aromatic carbocycles. The Morgan fingerprint density at radius 2 is 1.82 bits per heavy atom. The highest BCUT2D eigenvalue weighted by Gasteiger charge is 2.45. The van der Waals surface area contributed by atoms with E-state index in [9.17, 15) is 23.1 Å². The molecule has 1 fully saturated rings. The van der Waals surface area contributed by atoms with Crippen molar-refractivity contribution in [2.45, 2.75) is 48.7 Å². The molecule has 1 saturated heterocycles. The first-order valence-corrected chi connectivity index (χ1v) is 13.6. The number of sulfonamides is 1. The van der Waals surface area contributed by atoms with E-state index >= 15 is 0 Å². The van der Waals surface area contributed by atoms with Gasteiger partial charge in [-0.2, -0.15) is 10.2 Å². The van der Waals surface area contributed by atoms with Gasteiger partial charge < -0.3 is 26.0 Å². The number of aromatic nitrogens is 2. The van der Waals surface area contributed by atoms with E-state index in [0.29, 0.717) is 25.0 Å². The quantitative estimate of drug-likeness (QED) is 0.146. The molecule has 0 spiro atoms. The Morgan fingerprint density at radius 1 is 1.11 bits per heavy atom. The number of aliphatic carboxylic acids is 1. The zero-order chi connectivity index (χ0) is 27.2. The van der Waals surface area contributed by atoms with Gasteiger partial charge in [0.15, 0.2) is 5.95 Å². The first-order chi connectivity index (χ1) is 18.2. The first kappa shape index (κ1) is 27.3. The number of anilines is 1. The van der Waals surface area contributed by atoms with Crippen LogP contribution in [0.4, 0.5) is 5.95 Å². The maximum absolute atomic E-state index is 13.4. The van der Waals surface area contributed by atoms with Crippen molar-refractivity contribution in [3.8, 4) is 11.1 Å². The van der Waals surface area contributed by atoms with E-state index in [1.165, 1.54) is 12.1 Å². The van der Waals surface area contributed by atoms with Crippen LogP contribution in [-0.2, 0) is 30.9 Å². The maximum atomic E-state index is 13.4. The Morgan fingerprint density at radius 3 is 2.42 bits per heavy atom. The van der Waals surface area contributed by atoms with Gasteiger partial charge >= 0.3 is 5.97 Å². The second-order valence-corrected chi connectivity index (χ2v) is 10.7. The highest BCUT2D eigenvalue weighted by Crippen LogP contribution is 2.23. The van der Waals surface area contributed by atoms with Crippen LogP contribution in [0, 0.1) is 0 Å². The van der Waals surface area contributed by atoms with Gasteiger partial charge in [0, 0.05) is 6.20 Å². The van der Waals surface area contributed by atoms with E-state index in [1.54, 1.807) is 18.3 Å². The number of carboxylic acids is 1. The number of nitrogens with zero attached hydrogens (tertiary/aromatic N) is 1. The second kappa shape index (κ2) is 11.7. The van der Waals surface area contributed by atoms with E-state index in [4.69, 9.17) is 10.6 Å². The van der Waals surface area contributed by atoms with Crippen molar-refractivity contribution in [1.82, 2.24) is 25.5 Å². The Labute approximate surface area is 220 Å². The number of aromatic amines is 1. The second-order valence-electron chi connectivity index (χ2n) is 8.99. The molecule has 1 amide bonds. The lowest BCUT2D eigenvalue weighted by atomic mass is 10.0. The number of carboxylic acid groups (broad SMARTS) is 1. The highest BCUT2D eigenvalue weighted by atomic mass is 32.2. The molecule has 0 aliphatic carbocycles. The molecule has 38 heavy (non-hydrogen) atoms.